The summed E-state index contributed by atoms with van der Waals surface area (Å²) >= 11 is 0. The summed E-state index contributed by atoms with van der Waals surface area (Å²) in [5.74, 6) is -2.15. The largest absolute Gasteiger partial charge is 0.490 e. The van der Waals surface area contributed by atoms with Gasteiger partial charge in [-0.2, -0.15) is 13.2 Å². The Morgan fingerprint density at radius 1 is 0.818 bits per heavy atom. The zero-order valence-electron chi connectivity index (χ0n) is 23.3. The van der Waals surface area contributed by atoms with E-state index in [9.17, 15) is 22.8 Å². The van der Waals surface area contributed by atoms with Crippen molar-refractivity contribution in [2.45, 2.75) is 12.7 Å². The molecule has 10 nitrogen and oxygen atoms in total. The first kappa shape index (κ1) is 30.0. The summed E-state index contributed by atoms with van der Waals surface area (Å²) in [5.41, 5.74) is 3.91. The van der Waals surface area contributed by atoms with Gasteiger partial charge in [-0.05, 0) is 42.0 Å². The van der Waals surface area contributed by atoms with Gasteiger partial charge >= 0.3 is 12.1 Å². The summed E-state index contributed by atoms with van der Waals surface area (Å²) in [6.07, 6.45) is 4.52. The molecule has 0 atom stereocenters. The maximum absolute atomic E-state index is 13.6. The second-order valence-corrected chi connectivity index (χ2v) is 9.93. The maximum atomic E-state index is 13.6. The quantitative estimate of drug-likeness (QED) is 0.317. The van der Waals surface area contributed by atoms with E-state index in [0.717, 1.165) is 22.5 Å². The van der Waals surface area contributed by atoms with Gasteiger partial charge in [-0.3, -0.25) is 19.0 Å². The van der Waals surface area contributed by atoms with Crippen LogP contribution in [0.25, 0.3) is 16.9 Å². The van der Waals surface area contributed by atoms with Crippen molar-refractivity contribution in [2.75, 3.05) is 26.2 Å². The first-order valence-corrected chi connectivity index (χ1v) is 13.6. The molecule has 1 fully saturated rings. The lowest BCUT2D eigenvalue weighted by Gasteiger charge is -2.34. The standard InChI is InChI=1S/C29H26N6O2.C2HF3O2/c36-28(23-8-2-1-3-9-23)33-15-17-34(18-16-33)29(37)26-25-10-4-5-13-35(25)27(31-26)24-11-14-32(21-24)20-22-7-6-12-30-19-22;3-2(4,5)1(6)7/h1-14,19,21H,15-18,20H2;(H,6,7). The molecule has 0 saturated carbocycles. The van der Waals surface area contributed by atoms with Gasteiger partial charge in [0.15, 0.2) is 5.69 Å². The number of imidazole rings is 1. The topological polar surface area (TPSA) is 113 Å². The van der Waals surface area contributed by atoms with Crippen LogP contribution in [0.15, 0.2) is 97.7 Å². The van der Waals surface area contributed by atoms with Crippen molar-refractivity contribution in [3.8, 4) is 11.4 Å². The second kappa shape index (κ2) is 12.8. The van der Waals surface area contributed by atoms with Crippen LogP contribution in [0.4, 0.5) is 13.2 Å². The van der Waals surface area contributed by atoms with Gasteiger partial charge in [-0.15, -0.1) is 0 Å². The molecule has 0 aliphatic carbocycles. The lowest BCUT2D eigenvalue weighted by molar-refractivity contribution is -0.192. The van der Waals surface area contributed by atoms with Crippen LogP contribution in [0, 0.1) is 0 Å². The molecule has 226 valence electrons. The zero-order chi connectivity index (χ0) is 31.3. The predicted octanol–water partition coefficient (Wildman–Crippen LogP) is 4.48. The number of halogens is 3. The van der Waals surface area contributed by atoms with Crippen LogP contribution in [0.1, 0.15) is 26.4 Å². The van der Waals surface area contributed by atoms with Gasteiger partial charge in [0.25, 0.3) is 11.8 Å². The Morgan fingerprint density at radius 2 is 1.48 bits per heavy atom. The molecule has 2 amide bonds. The number of fused-ring (bicyclic) bond motifs is 1. The van der Waals surface area contributed by atoms with Crippen molar-refractivity contribution in [1.29, 1.82) is 0 Å². The number of alkyl halides is 3. The van der Waals surface area contributed by atoms with E-state index in [1.54, 1.807) is 16.0 Å². The Labute approximate surface area is 249 Å². The second-order valence-electron chi connectivity index (χ2n) is 9.93. The molecule has 1 aliphatic rings. The number of benzene rings is 1. The highest BCUT2D eigenvalue weighted by Gasteiger charge is 2.38. The van der Waals surface area contributed by atoms with Gasteiger partial charge in [-0.1, -0.05) is 30.3 Å². The smallest absolute Gasteiger partial charge is 0.475 e. The van der Waals surface area contributed by atoms with E-state index in [0.29, 0.717) is 44.0 Å². The molecule has 1 saturated heterocycles. The molecule has 5 aromatic rings. The normalized spacial score (nSPS) is 13.3. The highest BCUT2D eigenvalue weighted by Crippen LogP contribution is 2.25. The van der Waals surface area contributed by atoms with E-state index < -0.39 is 12.1 Å². The summed E-state index contributed by atoms with van der Waals surface area (Å²) in [4.78, 5) is 47.9. The molecule has 5 heterocycles. The van der Waals surface area contributed by atoms with Crippen LogP contribution >= 0.6 is 0 Å². The number of carboxylic acid groups (broad SMARTS) is 1. The average molecular weight is 605 g/mol. The van der Waals surface area contributed by atoms with Crippen molar-refractivity contribution in [2.24, 2.45) is 0 Å². The van der Waals surface area contributed by atoms with Crippen LogP contribution in [0.2, 0.25) is 0 Å². The minimum atomic E-state index is -5.08. The number of piperazine rings is 1. The van der Waals surface area contributed by atoms with Crippen LogP contribution in [0.3, 0.4) is 0 Å². The monoisotopic (exact) mass is 604 g/mol. The van der Waals surface area contributed by atoms with Crippen LogP contribution < -0.4 is 0 Å². The van der Waals surface area contributed by atoms with Gasteiger partial charge in [0.1, 0.15) is 5.82 Å². The molecule has 44 heavy (non-hydrogen) atoms. The first-order chi connectivity index (χ1) is 21.1. The number of rotatable bonds is 5. The summed E-state index contributed by atoms with van der Waals surface area (Å²) in [6.45, 7) is 2.64. The number of carboxylic acids is 1. The number of hydrogen-bond acceptors (Lipinski definition) is 5. The summed E-state index contributed by atoms with van der Waals surface area (Å²) in [6, 6.07) is 21.0. The Bertz CT molecular complexity index is 1760. The average Bonchev–Trinajstić information content (AvgIpc) is 3.66. The number of aliphatic carboxylic acids is 1. The van der Waals surface area contributed by atoms with E-state index in [2.05, 4.69) is 9.55 Å². The van der Waals surface area contributed by atoms with Crippen molar-refractivity contribution in [3.05, 3.63) is 115 Å². The van der Waals surface area contributed by atoms with Crippen LogP contribution in [-0.4, -0.2) is 84.0 Å². The number of amides is 2. The fraction of sp³-hybridized carbons (Fsp3) is 0.194. The number of nitrogens with zero attached hydrogens (tertiary/aromatic N) is 6. The number of carbonyl (C=O) groups is 3. The lowest BCUT2D eigenvalue weighted by atomic mass is 10.2. The number of carbonyl (C=O) groups excluding carboxylic acids is 2. The zero-order valence-corrected chi connectivity index (χ0v) is 23.3. The van der Waals surface area contributed by atoms with Gasteiger partial charge in [0, 0.05) is 74.8 Å². The third kappa shape index (κ3) is 6.77. The Morgan fingerprint density at radius 3 is 2.11 bits per heavy atom. The predicted molar refractivity (Wildman–Crippen MR) is 154 cm³/mol. The van der Waals surface area contributed by atoms with Crippen molar-refractivity contribution in [3.63, 3.8) is 0 Å². The number of hydrogen-bond donors (Lipinski definition) is 1. The Balaban J connectivity index is 0.000000493. The van der Waals surface area contributed by atoms with Crippen molar-refractivity contribution < 1.29 is 32.7 Å². The molecule has 0 radical (unpaired) electrons. The third-order valence-corrected chi connectivity index (χ3v) is 6.96. The molecule has 1 aromatic carbocycles. The molecule has 13 heteroatoms. The first-order valence-electron chi connectivity index (χ1n) is 13.6. The molecule has 6 rings (SSSR count). The van der Waals surface area contributed by atoms with E-state index in [-0.39, 0.29) is 11.8 Å². The van der Waals surface area contributed by atoms with Crippen LogP contribution in [0.5, 0.6) is 0 Å². The number of pyridine rings is 2. The molecule has 4 aromatic heterocycles. The Kier molecular flexibility index (Phi) is 8.74. The molecule has 0 spiro atoms. The molecule has 0 bridgehead atoms. The van der Waals surface area contributed by atoms with Crippen LogP contribution in [-0.2, 0) is 11.3 Å². The minimum absolute atomic E-state index is 0.00165. The molecular formula is C31H27F3N6O4. The van der Waals surface area contributed by atoms with E-state index in [1.165, 1.54) is 0 Å². The minimum Gasteiger partial charge on any atom is -0.475 e. The fourth-order valence-corrected chi connectivity index (χ4v) is 4.80. The van der Waals surface area contributed by atoms with E-state index in [4.69, 9.17) is 14.9 Å². The van der Waals surface area contributed by atoms with Crippen molar-refractivity contribution in [1.82, 2.24) is 28.7 Å². The van der Waals surface area contributed by atoms with E-state index >= 15 is 0 Å². The molecule has 1 N–H and O–H groups in total. The Hall–Kier alpha value is -5.46. The SMILES string of the molecule is O=C(O)C(F)(F)F.O=C(c1ccccc1)N1CCN(C(=O)c2nc(-c3ccn(Cc4cccnc4)c3)n3ccccc23)CC1. The highest BCUT2D eigenvalue weighted by atomic mass is 19.4. The number of aromatic nitrogens is 4. The highest BCUT2D eigenvalue weighted by molar-refractivity contribution is 6.00. The fourth-order valence-electron chi connectivity index (χ4n) is 4.80. The molecule has 0 unspecified atom stereocenters. The molecular weight excluding hydrogens is 577 g/mol. The maximum Gasteiger partial charge on any atom is 0.490 e. The van der Waals surface area contributed by atoms with Gasteiger partial charge in [-0.25, -0.2) is 9.78 Å². The van der Waals surface area contributed by atoms with Crippen molar-refractivity contribution >= 4 is 23.3 Å². The van der Waals surface area contributed by atoms with Gasteiger partial charge in [0.05, 0.1) is 5.52 Å². The van der Waals surface area contributed by atoms with Gasteiger partial charge < -0.3 is 19.5 Å². The summed E-state index contributed by atoms with van der Waals surface area (Å²) < 4.78 is 35.8. The summed E-state index contributed by atoms with van der Waals surface area (Å²) in [7, 11) is 0. The molecule has 1 aliphatic heterocycles. The lowest BCUT2D eigenvalue weighted by Crippen LogP contribution is -2.50. The van der Waals surface area contributed by atoms with Gasteiger partial charge in [0.2, 0.25) is 0 Å². The van der Waals surface area contributed by atoms with E-state index in [1.807, 2.05) is 95.9 Å². The third-order valence-electron chi connectivity index (χ3n) is 6.96. The summed E-state index contributed by atoms with van der Waals surface area (Å²) in [5, 5.41) is 7.12.